The van der Waals surface area contributed by atoms with Crippen LogP contribution < -0.4 is 9.84 Å². The fourth-order valence-corrected chi connectivity index (χ4v) is 2.29. The number of alkyl halides is 3. The van der Waals surface area contributed by atoms with E-state index in [1.165, 1.54) is 12.6 Å². The zero-order valence-electron chi connectivity index (χ0n) is 13.8. The molecule has 2 heterocycles. The molecule has 0 saturated heterocycles. The Bertz CT molecular complexity index is 623. The lowest BCUT2D eigenvalue weighted by atomic mass is 10.0. The van der Waals surface area contributed by atoms with Crippen molar-refractivity contribution in [3.8, 4) is 17.1 Å². The topological polar surface area (TPSA) is 49.1 Å². The maximum absolute atomic E-state index is 12.5. The molecule has 24 heavy (non-hydrogen) atoms. The van der Waals surface area contributed by atoms with Gasteiger partial charge < -0.3 is 14.9 Å². The largest absolute Gasteiger partial charge is 0.573 e. The van der Waals surface area contributed by atoms with Crippen molar-refractivity contribution in [3.63, 3.8) is 0 Å². The number of nitrogens with zero attached hydrogens (tertiary/aromatic N) is 3. The van der Waals surface area contributed by atoms with E-state index in [1.807, 2.05) is 0 Å². The number of unbranched alkanes of at least 4 members (excludes halogenated alkanes) is 1. The van der Waals surface area contributed by atoms with Gasteiger partial charge in [0.25, 0.3) is 0 Å². The van der Waals surface area contributed by atoms with Crippen LogP contribution in [0.4, 0.5) is 13.2 Å². The maximum atomic E-state index is 12.5. The number of hydrogen-bond acceptors (Lipinski definition) is 3. The minimum atomic E-state index is -4.50. The van der Waals surface area contributed by atoms with Crippen molar-refractivity contribution in [2.45, 2.75) is 45.7 Å². The SMILES string of the molecule is CCCCC(CC)COc1ccc(-c2cc(C(F)(F)F)n[n-]2)nc1. The molecule has 2 rings (SSSR count). The summed E-state index contributed by atoms with van der Waals surface area (Å²) in [4.78, 5) is 4.12. The van der Waals surface area contributed by atoms with Gasteiger partial charge in [-0.2, -0.15) is 13.2 Å². The van der Waals surface area contributed by atoms with Crippen LogP contribution in [0.5, 0.6) is 5.75 Å². The fourth-order valence-electron chi connectivity index (χ4n) is 2.29. The fraction of sp³-hybridized carbons (Fsp3) is 0.529. The van der Waals surface area contributed by atoms with Gasteiger partial charge in [0.05, 0.1) is 12.8 Å². The van der Waals surface area contributed by atoms with E-state index in [1.54, 1.807) is 12.1 Å². The summed E-state index contributed by atoms with van der Waals surface area (Å²) < 4.78 is 43.3. The van der Waals surface area contributed by atoms with Crippen molar-refractivity contribution >= 4 is 0 Å². The molecule has 0 aliphatic heterocycles. The Balaban J connectivity index is 1.96. The number of rotatable bonds is 8. The third kappa shape index (κ3) is 4.97. The first-order valence-corrected chi connectivity index (χ1v) is 8.10. The molecule has 0 aliphatic rings. The maximum Gasteiger partial charge on any atom is 0.431 e. The van der Waals surface area contributed by atoms with Crippen molar-refractivity contribution in [1.29, 1.82) is 0 Å². The van der Waals surface area contributed by atoms with Crippen molar-refractivity contribution < 1.29 is 17.9 Å². The highest BCUT2D eigenvalue weighted by atomic mass is 19.4. The summed E-state index contributed by atoms with van der Waals surface area (Å²) in [6.07, 6.45) is 1.52. The molecule has 132 valence electrons. The van der Waals surface area contributed by atoms with Gasteiger partial charge in [-0.05, 0) is 30.5 Å². The molecule has 0 radical (unpaired) electrons. The lowest BCUT2D eigenvalue weighted by Crippen LogP contribution is -2.11. The minimum Gasteiger partial charge on any atom is -0.573 e. The minimum absolute atomic E-state index is 0.100. The van der Waals surface area contributed by atoms with Gasteiger partial charge in [-0.25, -0.2) is 0 Å². The quantitative estimate of drug-likeness (QED) is 0.698. The van der Waals surface area contributed by atoms with Gasteiger partial charge in [0.15, 0.2) is 0 Å². The van der Waals surface area contributed by atoms with Crippen LogP contribution in [-0.2, 0) is 6.18 Å². The monoisotopic (exact) mass is 340 g/mol. The van der Waals surface area contributed by atoms with Gasteiger partial charge >= 0.3 is 6.18 Å². The molecule has 2 aromatic heterocycles. The Morgan fingerprint density at radius 3 is 2.58 bits per heavy atom. The van der Waals surface area contributed by atoms with E-state index < -0.39 is 11.9 Å². The van der Waals surface area contributed by atoms with E-state index in [0.29, 0.717) is 24.0 Å². The first-order valence-electron chi connectivity index (χ1n) is 8.10. The van der Waals surface area contributed by atoms with Crippen LogP contribution in [0, 0.1) is 5.92 Å². The van der Waals surface area contributed by atoms with Crippen molar-refractivity contribution in [2.24, 2.45) is 5.92 Å². The van der Waals surface area contributed by atoms with Gasteiger partial charge in [-0.15, -0.1) is 0 Å². The summed E-state index contributed by atoms with van der Waals surface area (Å²) in [6, 6.07) is 4.17. The molecule has 0 bridgehead atoms. The molecule has 0 amide bonds. The molecule has 2 aromatic rings. The van der Waals surface area contributed by atoms with E-state index in [4.69, 9.17) is 4.74 Å². The molecule has 7 heteroatoms. The lowest BCUT2D eigenvalue weighted by molar-refractivity contribution is -0.141. The van der Waals surface area contributed by atoms with Crippen LogP contribution >= 0.6 is 0 Å². The zero-order chi connectivity index (χ0) is 17.6. The molecular formula is C17H21F3N3O-. The molecule has 1 unspecified atom stereocenters. The number of aromatic nitrogens is 3. The van der Waals surface area contributed by atoms with Gasteiger partial charge in [0.2, 0.25) is 0 Å². The summed E-state index contributed by atoms with van der Waals surface area (Å²) in [5, 5.41) is 6.67. The van der Waals surface area contributed by atoms with Gasteiger partial charge in [-0.3, -0.25) is 4.98 Å². The van der Waals surface area contributed by atoms with Crippen LogP contribution in [0.15, 0.2) is 24.4 Å². The Kier molecular flexibility index (Phi) is 6.23. The van der Waals surface area contributed by atoms with E-state index >= 15 is 0 Å². The molecule has 0 aromatic carbocycles. The Labute approximate surface area is 139 Å². The van der Waals surface area contributed by atoms with Crippen LogP contribution in [0.2, 0.25) is 0 Å². The average molecular weight is 340 g/mol. The highest BCUT2D eigenvalue weighted by Crippen LogP contribution is 2.29. The van der Waals surface area contributed by atoms with Crippen molar-refractivity contribution in [3.05, 3.63) is 30.1 Å². The second-order valence-electron chi connectivity index (χ2n) is 5.72. The molecule has 1 atom stereocenters. The number of hydrogen-bond donors (Lipinski definition) is 0. The van der Waals surface area contributed by atoms with E-state index in [0.717, 1.165) is 25.3 Å². The van der Waals surface area contributed by atoms with Crippen LogP contribution in [0.1, 0.15) is 45.2 Å². The van der Waals surface area contributed by atoms with Crippen LogP contribution in [0.3, 0.4) is 0 Å². The highest BCUT2D eigenvalue weighted by Gasteiger charge is 2.31. The molecule has 0 N–H and O–H groups in total. The number of pyridine rings is 1. The number of ether oxygens (including phenoxy) is 1. The second kappa shape index (κ2) is 8.17. The second-order valence-corrected chi connectivity index (χ2v) is 5.72. The summed E-state index contributed by atoms with van der Waals surface area (Å²) in [7, 11) is 0. The van der Waals surface area contributed by atoms with Crippen LogP contribution in [-0.4, -0.2) is 16.7 Å². The third-order valence-corrected chi connectivity index (χ3v) is 3.86. The average Bonchev–Trinajstić information content (AvgIpc) is 3.06. The van der Waals surface area contributed by atoms with Gasteiger partial charge in [-0.1, -0.05) is 38.8 Å². The standard InChI is InChI=1S/C17H21F3N3O/c1-3-5-6-12(4-2)11-24-13-7-8-14(21-10-13)15-9-16(23-22-15)17(18,19)20/h7-10,12H,3-6,11H2,1-2H3/q-1. The summed E-state index contributed by atoms with van der Waals surface area (Å²) in [5.41, 5.74) is -0.576. The van der Waals surface area contributed by atoms with Crippen molar-refractivity contribution in [1.82, 2.24) is 15.2 Å². The van der Waals surface area contributed by atoms with Crippen LogP contribution in [0.25, 0.3) is 11.4 Å². The Morgan fingerprint density at radius 2 is 2.04 bits per heavy atom. The normalized spacial score (nSPS) is 13.0. The number of halogens is 3. The van der Waals surface area contributed by atoms with Crippen molar-refractivity contribution in [2.75, 3.05) is 6.61 Å². The molecule has 0 saturated carbocycles. The predicted octanol–water partition coefficient (Wildman–Crippen LogP) is 4.71. The molecule has 4 nitrogen and oxygen atoms in total. The molecule has 0 aliphatic carbocycles. The Hall–Kier alpha value is -2.05. The highest BCUT2D eigenvalue weighted by molar-refractivity contribution is 5.54. The smallest absolute Gasteiger partial charge is 0.431 e. The summed E-state index contributed by atoms with van der Waals surface area (Å²) in [5.74, 6) is 1.10. The first kappa shape index (κ1) is 18.3. The summed E-state index contributed by atoms with van der Waals surface area (Å²) in [6.45, 7) is 4.91. The summed E-state index contributed by atoms with van der Waals surface area (Å²) >= 11 is 0. The molecular weight excluding hydrogens is 319 g/mol. The third-order valence-electron chi connectivity index (χ3n) is 3.86. The molecule has 0 spiro atoms. The van der Waals surface area contributed by atoms with E-state index in [9.17, 15) is 13.2 Å². The predicted molar refractivity (Wildman–Crippen MR) is 84.6 cm³/mol. The zero-order valence-corrected chi connectivity index (χ0v) is 13.8. The lowest BCUT2D eigenvalue weighted by Gasteiger charge is -2.15. The first-order chi connectivity index (χ1) is 11.4. The van der Waals surface area contributed by atoms with E-state index in [2.05, 4.69) is 29.0 Å². The van der Waals surface area contributed by atoms with Gasteiger partial charge in [0.1, 0.15) is 11.4 Å². The van der Waals surface area contributed by atoms with Gasteiger partial charge in [0, 0.05) is 5.69 Å². The Morgan fingerprint density at radius 1 is 1.25 bits per heavy atom. The van der Waals surface area contributed by atoms with E-state index in [-0.39, 0.29) is 5.69 Å². The molecule has 0 fully saturated rings.